The van der Waals surface area contributed by atoms with Gasteiger partial charge in [-0.05, 0) is 19.8 Å². The van der Waals surface area contributed by atoms with Crippen LogP contribution in [0.25, 0.3) is 0 Å². The van der Waals surface area contributed by atoms with Crippen LogP contribution < -0.4 is 5.56 Å². The van der Waals surface area contributed by atoms with Crippen LogP contribution in [-0.4, -0.2) is 34.0 Å². The van der Waals surface area contributed by atoms with Crippen molar-refractivity contribution in [2.24, 2.45) is 0 Å². The van der Waals surface area contributed by atoms with Crippen molar-refractivity contribution in [1.29, 1.82) is 0 Å². The van der Waals surface area contributed by atoms with Gasteiger partial charge in [0.15, 0.2) is 0 Å². The Morgan fingerprint density at radius 1 is 1.61 bits per heavy atom. The van der Waals surface area contributed by atoms with Crippen molar-refractivity contribution < 1.29 is 9.84 Å². The summed E-state index contributed by atoms with van der Waals surface area (Å²) in [6.45, 7) is 2.91. The van der Waals surface area contributed by atoms with E-state index >= 15 is 0 Å². The number of nitrogens with zero attached hydrogens (tertiary/aromatic N) is 2. The van der Waals surface area contributed by atoms with E-state index in [-0.39, 0.29) is 18.7 Å². The smallest absolute Gasteiger partial charge is 0.253 e. The first-order valence-electron chi connectivity index (χ1n) is 6.53. The standard InChI is InChI=1S/C13H20N2O3/c1-2-18-8-11(16)7-15-9-14-12(6-13(15)17)10-4-3-5-10/h6,9-11,16H,2-5,7-8H2,1H3. The first kappa shape index (κ1) is 13.2. The Kier molecular flexibility index (Phi) is 4.49. The third-order valence-electron chi connectivity index (χ3n) is 3.35. The average molecular weight is 252 g/mol. The van der Waals surface area contributed by atoms with Gasteiger partial charge in [-0.15, -0.1) is 0 Å². The zero-order chi connectivity index (χ0) is 13.0. The molecule has 0 aromatic carbocycles. The molecule has 0 aliphatic heterocycles. The molecule has 1 N–H and O–H groups in total. The molecular formula is C13H20N2O3. The number of hydrogen-bond donors (Lipinski definition) is 1. The molecular weight excluding hydrogens is 232 g/mol. The first-order valence-corrected chi connectivity index (χ1v) is 6.53. The number of aliphatic hydroxyl groups is 1. The Bertz CT molecular complexity index is 440. The van der Waals surface area contributed by atoms with E-state index in [1.54, 1.807) is 6.07 Å². The maximum atomic E-state index is 11.9. The minimum atomic E-state index is -0.668. The Morgan fingerprint density at radius 3 is 2.94 bits per heavy atom. The van der Waals surface area contributed by atoms with Gasteiger partial charge in [-0.1, -0.05) is 6.42 Å². The summed E-state index contributed by atoms with van der Waals surface area (Å²) in [5, 5.41) is 9.68. The van der Waals surface area contributed by atoms with Crippen molar-refractivity contribution in [2.75, 3.05) is 13.2 Å². The third kappa shape index (κ3) is 3.17. The second kappa shape index (κ2) is 6.11. The van der Waals surface area contributed by atoms with Crippen LogP contribution in [0.3, 0.4) is 0 Å². The lowest BCUT2D eigenvalue weighted by Crippen LogP contribution is -2.30. The molecule has 1 saturated carbocycles. The minimum Gasteiger partial charge on any atom is -0.389 e. The molecule has 1 aliphatic carbocycles. The molecule has 1 unspecified atom stereocenters. The zero-order valence-electron chi connectivity index (χ0n) is 10.7. The molecule has 1 atom stereocenters. The van der Waals surface area contributed by atoms with Crippen molar-refractivity contribution in [3.05, 3.63) is 28.4 Å². The van der Waals surface area contributed by atoms with Crippen LogP contribution >= 0.6 is 0 Å². The van der Waals surface area contributed by atoms with Crippen molar-refractivity contribution in [3.63, 3.8) is 0 Å². The molecule has 5 nitrogen and oxygen atoms in total. The maximum Gasteiger partial charge on any atom is 0.253 e. The molecule has 100 valence electrons. The molecule has 1 aliphatic rings. The van der Waals surface area contributed by atoms with Gasteiger partial charge in [0.2, 0.25) is 0 Å². The number of aliphatic hydroxyl groups excluding tert-OH is 1. The van der Waals surface area contributed by atoms with Gasteiger partial charge >= 0.3 is 0 Å². The summed E-state index contributed by atoms with van der Waals surface area (Å²) in [6, 6.07) is 1.59. The van der Waals surface area contributed by atoms with E-state index in [9.17, 15) is 9.90 Å². The van der Waals surface area contributed by atoms with Gasteiger partial charge in [0.05, 0.1) is 31.3 Å². The van der Waals surface area contributed by atoms with E-state index in [1.807, 2.05) is 6.92 Å². The Morgan fingerprint density at radius 2 is 2.39 bits per heavy atom. The third-order valence-corrected chi connectivity index (χ3v) is 3.35. The summed E-state index contributed by atoms with van der Waals surface area (Å²) in [7, 11) is 0. The van der Waals surface area contributed by atoms with Crippen LogP contribution in [0.1, 0.15) is 37.8 Å². The van der Waals surface area contributed by atoms with Crippen LogP contribution in [0.15, 0.2) is 17.2 Å². The fourth-order valence-electron chi connectivity index (χ4n) is 2.04. The number of rotatable bonds is 6. The van der Waals surface area contributed by atoms with Gasteiger partial charge in [0.25, 0.3) is 5.56 Å². The predicted octanol–water partition coefficient (Wildman–Crippen LogP) is 0.908. The molecule has 2 rings (SSSR count). The molecule has 1 aromatic rings. The van der Waals surface area contributed by atoms with Crippen molar-refractivity contribution in [3.8, 4) is 0 Å². The highest BCUT2D eigenvalue weighted by molar-refractivity contribution is 5.09. The average Bonchev–Trinajstić information content (AvgIpc) is 2.28. The van der Waals surface area contributed by atoms with E-state index in [1.165, 1.54) is 17.3 Å². The first-order chi connectivity index (χ1) is 8.70. The lowest BCUT2D eigenvalue weighted by Gasteiger charge is -2.24. The van der Waals surface area contributed by atoms with Crippen LogP contribution in [0.2, 0.25) is 0 Å². The summed E-state index contributed by atoms with van der Waals surface area (Å²) in [6.07, 6.45) is 4.35. The summed E-state index contributed by atoms with van der Waals surface area (Å²) in [5.74, 6) is 0.459. The van der Waals surface area contributed by atoms with Crippen LogP contribution in [0, 0.1) is 0 Å². The molecule has 0 bridgehead atoms. The SMILES string of the molecule is CCOCC(O)Cn1cnc(C2CCC2)cc1=O. The Hall–Kier alpha value is -1.20. The van der Waals surface area contributed by atoms with Gasteiger partial charge in [0, 0.05) is 18.6 Å². The minimum absolute atomic E-state index is 0.0950. The number of hydrogen-bond acceptors (Lipinski definition) is 4. The summed E-state index contributed by atoms with van der Waals surface area (Å²) < 4.78 is 6.55. The Labute approximate surface area is 106 Å². The van der Waals surface area contributed by atoms with Crippen molar-refractivity contribution in [1.82, 2.24) is 9.55 Å². The lowest BCUT2D eigenvalue weighted by molar-refractivity contribution is 0.0328. The molecule has 5 heteroatoms. The predicted molar refractivity (Wildman–Crippen MR) is 67.6 cm³/mol. The van der Waals surface area contributed by atoms with Gasteiger partial charge in [-0.2, -0.15) is 0 Å². The van der Waals surface area contributed by atoms with Gasteiger partial charge in [0.1, 0.15) is 0 Å². The van der Waals surface area contributed by atoms with Crippen LogP contribution in [0.4, 0.5) is 0 Å². The van der Waals surface area contributed by atoms with Gasteiger partial charge in [-0.3, -0.25) is 9.36 Å². The van der Waals surface area contributed by atoms with E-state index in [0.29, 0.717) is 12.5 Å². The van der Waals surface area contributed by atoms with Crippen molar-refractivity contribution in [2.45, 2.75) is 44.8 Å². The topological polar surface area (TPSA) is 64.3 Å². The van der Waals surface area contributed by atoms with Crippen molar-refractivity contribution >= 4 is 0 Å². The largest absolute Gasteiger partial charge is 0.389 e. The fourth-order valence-corrected chi connectivity index (χ4v) is 2.04. The summed E-state index contributed by atoms with van der Waals surface area (Å²) in [5.41, 5.74) is 0.796. The van der Waals surface area contributed by atoms with E-state index in [2.05, 4.69) is 4.98 Å². The Balaban J connectivity index is 1.98. The molecule has 0 saturated heterocycles. The van der Waals surface area contributed by atoms with Gasteiger partial charge in [-0.25, -0.2) is 4.98 Å². The molecule has 18 heavy (non-hydrogen) atoms. The molecule has 1 fully saturated rings. The molecule has 1 aromatic heterocycles. The van der Waals surface area contributed by atoms with E-state index in [4.69, 9.17) is 4.74 Å². The normalized spacial score (nSPS) is 17.4. The number of ether oxygens (including phenoxy) is 1. The second-order valence-corrected chi connectivity index (χ2v) is 4.75. The second-order valence-electron chi connectivity index (χ2n) is 4.75. The molecule has 0 spiro atoms. The van der Waals surface area contributed by atoms with E-state index < -0.39 is 6.10 Å². The highest BCUT2D eigenvalue weighted by Gasteiger charge is 2.21. The maximum absolute atomic E-state index is 11.9. The fraction of sp³-hybridized carbons (Fsp3) is 0.692. The lowest BCUT2D eigenvalue weighted by atomic mass is 9.83. The monoisotopic (exact) mass is 252 g/mol. The summed E-state index contributed by atoms with van der Waals surface area (Å²) >= 11 is 0. The molecule has 0 radical (unpaired) electrons. The number of aromatic nitrogens is 2. The van der Waals surface area contributed by atoms with Crippen LogP contribution in [0.5, 0.6) is 0 Å². The van der Waals surface area contributed by atoms with Crippen LogP contribution in [-0.2, 0) is 11.3 Å². The summed E-state index contributed by atoms with van der Waals surface area (Å²) in [4.78, 5) is 16.2. The molecule has 1 heterocycles. The quantitative estimate of drug-likeness (QED) is 0.817. The highest BCUT2D eigenvalue weighted by atomic mass is 16.5. The van der Waals surface area contributed by atoms with Gasteiger partial charge < -0.3 is 9.84 Å². The zero-order valence-corrected chi connectivity index (χ0v) is 10.7. The van der Waals surface area contributed by atoms with E-state index in [0.717, 1.165) is 18.5 Å². The highest BCUT2D eigenvalue weighted by Crippen LogP contribution is 2.34. The molecule has 0 amide bonds.